The first-order chi connectivity index (χ1) is 10.1. The average Bonchev–Trinajstić information content (AvgIpc) is 3.18. The molecule has 2 aromatic rings. The smallest absolute Gasteiger partial charge is 0.277 e. The van der Waals surface area contributed by atoms with Crippen LogP contribution in [0.1, 0.15) is 25.5 Å². The Morgan fingerprint density at radius 2 is 2.14 bits per heavy atom. The highest BCUT2D eigenvalue weighted by molar-refractivity contribution is 8.00. The highest BCUT2D eigenvalue weighted by Crippen LogP contribution is 2.29. The molecule has 112 valence electrons. The summed E-state index contributed by atoms with van der Waals surface area (Å²) in [6.45, 7) is 5.42. The van der Waals surface area contributed by atoms with Gasteiger partial charge in [-0.3, -0.25) is 4.79 Å². The van der Waals surface area contributed by atoms with Crippen LogP contribution in [0, 0.1) is 6.92 Å². The van der Waals surface area contributed by atoms with Crippen LogP contribution in [0.2, 0.25) is 0 Å². The van der Waals surface area contributed by atoms with Crippen LogP contribution in [0.25, 0.3) is 11.5 Å². The van der Waals surface area contributed by atoms with E-state index in [4.69, 9.17) is 8.83 Å². The SMILES string of the molecule is Cc1occc1-c1nnc(SC(C)C(=O)N2CCCC2)o1. The monoisotopic (exact) mass is 307 g/mol. The van der Waals surface area contributed by atoms with Crippen molar-refractivity contribution in [3.8, 4) is 11.5 Å². The highest BCUT2D eigenvalue weighted by Gasteiger charge is 2.25. The van der Waals surface area contributed by atoms with Gasteiger partial charge in [0.1, 0.15) is 5.76 Å². The van der Waals surface area contributed by atoms with Gasteiger partial charge in [0.05, 0.1) is 17.1 Å². The van der Waals surface area contributed by atoms with Gasteiger partial charge >= 0.3 is 0 Å². The van der Waals surface area contributed by atoms with Crippen molar-refractivity contribution in [1.82, 2.24) is 15.1 Å². The maximum Gasteiger partial charge on any atom is 0.277 e. The van der Waals surface area contributed by atoms with Gasteiger partial charge in [0.2, 0.25) is 5.91 Å². The van der Waals surface area contributed by atoms with Crippen LogP contribution >= 0.6 is 11.8 Å². The first-order valence-corrected chi connectivity index (χ1v) is 7.86. The minimum absolute atomic E-state index is 0.136. The second-order valence-corrected chi connectivity index (χ2v) is 6.35. The van der Waals surface area contributed by atoms with Crippen molar-refractivity contribution < 1.29 is 13.6 Å². The van der Waals surface area contributed by atoms with E-state index in [9.17, 15) is 4.79 Å². The van der Waals surface area contributed by atoms with E-state index in [1.807, 2.05) is 18.7 Å². The van der Waals surface area contributed by atoms with Gasteiger partial charge in [-0.15, -0.1) is 10.2 Å². The van der Waals surface area contributed by atoms with Crippen molar-refractivity contribution in [2.45, 2.75) is 37.2 Å². The van der Waals surface area contributed by atoms with Crippen molar-refractivity contribution >= 4 is 17.7 Å². The molecule has 0 aromatic carbocycles. The molecule has 1 atom stereocenters. The van der Waals surface area contributed by atoms with Crippen molar-refractivity contribution in [3.63, 3.8) is 0 Å². The predicted octanol–water partition coefficient (Wildman–Crippen LogP) is 2.74. The molecule has 0 radical (unpaired) electrons. The molecule has 2 aromatic heterocycles. The van der Waals surface area contributed by atoms with Gasteiger partial charge in [-0.05, 0) is 32.8 Å². The largest absolute Gasteiger partial charge is 0.469 e. The van der Waals surface area contributed by atoms with E-state index in [0.29, 0.717) is 11.1 Å². The summed E-state index contributed by atoms with van der Waals surface area (Å²) in [4.78, 5) is 14.1. The molecular formula is C14H17N3O3S. The minimum Gasteiger partial charge on any atom is -0.469 e. The second kappa shape index (κ2) is 5.93. The van der Waals surface area contributed by atoms with Gasteiger partial charge in [-0.1, -0.05) is 11.8 Å². The lowest BCUT2D eigenvalue weighted by Gasteiger charge is -2.18. The molecule has 1 aliphatic heterocycles. The van der Waals surface area contributed by atoms with Crippen LogP contribution in [0.5, 0.6) is 0 Å². The number of amides is 1. The van der Waals surface area contributed by atoms with Gasteiger partial charge in [-0.25, -0.2) is 0 Å². The van der Waals surface area contributed by atoms with Gasteiger partial charge in [0.15, 0.2) is 0 Å². The third kappa shape index (κ3) is 2.97. The maximum absolute atomic E-state index is 12.2. The number of thioether (sulfide) groups is 1. The molecule has 1 saturated heterocycles. The first-order valence-electron chi connectivity index (χ1n) is 6.98. The molecule has 0 aliphatic carbocycles. The van der Waals surface area contributed by atoms with E-state index in [1.54, 1.807) is 12.3 Å². The Morgan fingerprint density at radius 1 is 1.38 bits per heavy atom. The fourth-order valence-electron chi connectivity index (χ4n) is 2.37. The molecule has 1 amide bonds. The molecule has 1 fully saturated rings. The summed E-state index contributed by atoms with van der Waals surface area (Å²) in [6.07, 6.45) is 3.77. The standard InChI is InChI=1S/C14H17N3O3S/c1-9-11(5-8-19-9)12-15-16-14(20-12)21-10(2)13(18)17-6-3-4-7-17/h5,8,10H,3-4,6-7H2,1-2H3. The Balaban J connectivity index is 1.67. The van der Waals surface area contributed by atoms with E-state index in [0.717, 1.165) is 37.3 Å². The van der Waals surface area contributed by atoms with E-state index in [-0.39, 0.29) is 11.2 Å². The quantitative estimate of drug-likeness (QED) is 0.809. The lowest BCUT2D eigenvalue weighted by atomic mass is 10.3. The molecule has 0 bridgehead atoms. The number of aromatic nitrogens is 2. The van der Waals surface area contributed by atoms with Crippen LogP contribution in [0.15, 0.2) is 26.4 Å². The van der Waals surface area contributed by atoms with Crippen molar-refractivity contribution in [1.29, 1.82) is 0 Å². The van der Waals surface area contributed by atoms with Crippen LogP contribution in [0.3, 0.4) is 0 Å². The predicted molar refractivity (Wildman–Crippen MR) is 77.9 cm³/mol. The number of carbonyl (C=O) groups excluding carboxylic acids is 1. The third-order valence-electron chi connectivity index (χ3n) is 3.54. The molecule has 1 unspecified atom stereocenters. The zero-order valence-corrected chi connectivity index (χ0v) is 12.9. The Hall–Kier alpha value is -1.76. The highest BCUT2D eigenvalue weighted by atomic mass is 32.2. The molecule has 0 saturated carbocycles. The van der Waals surface area contributed by atoms with Crippen molar-refractivity contribution in [3.05, 3.63) is 18.1 Å². The number of furan rings is 1. The Morgan fingerprint density at radius 3 is 2.81 bits per heavy atom. The fraction of sp³-hybridized carbons (Fsp3) is 0.500. The van der Waals surface area contributed by atoms with E-state index in [1.165, 1.54) is 11.8 Å². The molecule has 1 aliphatic rings. The molecule has 3 rings (SSSR count). The normalized spacial score (nSPS) is 16.4. The van der Waals surface area contributed by atoms with Gasteiger partial charge < -0.3 is 13.7 Å². The molecule has 0 N–H and O–H groups in total. The molecule has 0 spiro atoms. The number of hydrogen-bond donors (Lipinski definition) is 0. The van der Waals surface area contributed by atoms with Crippen LogP contribution in [-0.2, 0) is 4.79 Å². The van der Waals surface area contributed by atoms with E-state index >= 15 is 0 Å². The Labute approximate surface area is 126 Å². The van der Waals surface area contributed by atoms with Crippen molar-refractivity contribution in [2.75, 3.05) is 13.1 Å². The molecule has 3 heterocycles. The zero-order valence-electron chi connectivity index (χ0n) is 12.0. The number of hydrogen-bond acceptors (Lipinski definition) is 6. The number of aryl methyl sites for hydroxylation is 1. The first kappa shape index (κ1) is 14.2. The van der Waals surface area contributed by atoms with Crippen LogP contribution in [-0.4, -0.2) is 39.3 Å². The van der Waals surface area contributed by atoms with Crippen LogP contribution in [0.4, 0.5) is 0 Å². The number of nitrogens with zero attached hydrogens (tertiary/aromatic N) is 3. The summed E-state index contributed by atoms with van der Waals surface area (Å²) in [7, 11) is 0. The summed E-state index contributed by atoms with van der Waals surface area (Å²) in [6, 6.07) is 1.79. The molecular weight excluding hydrogens is 290 g/mol. The van der Waals surface area contributed by atoms with Gasteiger partial charge in [-0.2, -0.15) is 0 Å². The van der Waals surface area contributed by atoms with Crippen LogP contribution < -0.4 is 0 Å². The number of rotatable bonds is 4. The average molecular weight is 307 g/mol. The molecule has 21 heavy (non-hydrogen) atoms. The fourth-order valence-corrected chi connectivity index (χ4v) is 3.14. The Kier molecular flexibility index (Phi) is 4.01. The summed E-state index contributed by atoms with van der Waals surface area (Å²) in [5.74, 6) is 1.29. The van der Waals surface area contributed by atoms with E-state index < -0.39 is 0 Å². The summed E-state index contributed by atoms with van der Waals surface area (Å²) in [5, 5.41) is 8.19. The lowest BCUT2D eigenvalue weighted by molar-refractivity contribution is -0.129. The van der Waals surface area contributed by atoms with E-state index in [2.05, 4.69) is 10.2 Å². The topological polar surface area (TPSA) is 72.4 Å². The number of likely N-dealkylation sites (tertiary alicyclic amines) is 1. The zero-order chi connectivity index (χ0) is 14.8. The second-order valence-electron chi connectivity index (χ2n) is 5.06. The van der Waals surface area contributed by atoms with Gasteiger partial charge in [0.25, 0.3) is 11.1 Å². The summed E-state index contributed by atoms with van der Waals surface area (Å²) >= 11 is 1.30. The summed E-state index contributed by atoms with van der Waals surface area (Å²) < 4.78 is 10.8. The molecule has 6 nitrogen and oxygen atoms in total. The number of carbonyl (C=O) groups is 1. The minimum atomic E-state index is -0.221. The summed E-state index contributed by atoms with van der Waals surface area (Å²) in [5.41, 5.74) is 0.785. The third-order valence-corrected chi connectivity index (χ3v) is 4.46. The maximum atomic E-state index is 12.2. The lowest BCUT2D eigenvalue weighted by Crippen LogP contribution is -2.34. The Bertz CT molecular complexity index is 631. The van der Waals surface area contributed by atoms with Gasteiger partial charge in [0, 0.05) is 13.1 Å². The molecule has 7 heteroatoms. The van der Waals surface area contributed by atoms with Crippen molar-refractivity contribution in [2.24, 2.45) is 0 Å².